The van der Waals surface area contributed by atoms with Crippen molar-refractivity contribution in [3.8, 4) is 0 Å². The van der Waals surface area contributed by atoms with Gasteiger partial charge in [0.25, 0.3) is 0 Å². The van der Waals surface area contributed by atoms with Crippen LogP contribution < -0.4 is 0 Å². The van der Waals surface area contributed by atoms with Crippen LogP contribution in [0.25, 0.3) is 0 Å². The molecular weight excluding hydrogens is 164 g/mol. The average molecular weight is 182 g/mol. The zero-order valence-electron chi connectivity index (χ0n) is 8.09. The lowest BCUT2D eigenvalue weighted by Gasteiger charge is -2.17. The fraction of sp³-hybridized carbons (Fsp3) is 0.909. The van der Waals surface area contributed by atoms with Crippen molar-refractivity contribution in [2.45, 2.75) is 51.4 Å². The van der Waals surface area contributed by atoms with E-state index in [-0.39, 0.29) is 5.41 Å². The molecule has 0 aromatic carbocycles. The summed E-state index contributed by atoms with van der Waals surface area (Å²) >= 11 is 0. The van der Waals surface area contributed by atoms with Gasteiger partial charge < -0.3 is 5.11 Å². The third-order valence-electron chi connectivity index (χ3n) is 3.84. The molecule has 2 fully saturated rings. The van der Waals surface area contributed by atoms with Crippen molar-refractivity contribution in [3.05, 3.63) is 0 Å². The Labute approximate surface area is 79.3 Å². The maximum absolute atomic E-state index is 10.7. The molecular formula is C11H18O2. The number of rotatable bonds is 2. The Balaban J connectivity index is 1.94. The first-order valence-electron chi connectivity index (χ1n) is 5.45. The summed E-state index contributed by atoms with van der Waals surface area (Å²) in [5, 5.41) is 8.82. The quantitative estimate of drug-likeness (QED) is 0.713. The molecule has 0 aromatic heterocycles. The number of carbonyl (C=O) groups is 1. The van der Waals surface area contributed by atoms with Crippen molar-refractivity contribution in [1.29, 1.82) is 0 Å². The van der Waals surface area contributed by atoms with Gasteiger partial charge in [0.15, 0.2) is 0 Å². The molecule has 0 amide bonds. The van der Waals surface area contributed by atoms with E-state index in [1.165, 1.54) is 44.9 Å². The summed E-state index contributed by atoms with van der Waals surface area (Å²) in [6.45, 7) is 0. The zero-order chi connectivity index (χ0) is 9.31. The summed E-state index contributed by atoms with van der Waals surface area (Å²) in [5.41, 5.74) is 0.242. The average Bonchev–Trinajstić information content (AvgIpc) is 2.62. The molecule has 13 heavy (non-hydrogen) atoms. The Hall–Kier alpha value is -0.530. The van der Waals surface area contributed by atoms with Crippen LogP contribution in [0.15, 0.2) is 0 Å². The van der Waals surface area contributed by atoms with Gasteiger partial charge in [-0.3, -0.25) is 4.79 Å². The van der Waals surface area contributed by atoms with E-state index < -0.39 is 5.97 Å². The highest BCUT2D eigenvalue weighted by atomic mass is 16.4. The number of hydrogen-bond donors (Lipinski definition) is 1. The fourth-order valence-electron chi connectivity index (χ4n) is 2.97. The summed E-state index contributed by atoms with van der Waals surface area (Å²) < 4.78 is 0. The monoisotopic (exact) mass is 182 g/mol. The van der Waals surface area contributed by atoms with Crippen LogP contribution in [-0.4, -0.2) is 11.1 Å². The van der Waals surface area contributed by atoms with Crippen LogP contribution in [-0.2, 0) is 4.79 Å². The van der Waals surface area contributed by atoms with Crippen molar-refractivity contribution in [3.63, 3.8) is 0 Å². The van der Waals surface area contributed by atoms with E-state index in [0.29, 0.717) is 6.42 Å². The maximum atomic E-state index is 10.7. The summed E-state index contributed by atoms with van der Waals surface area (Å²) in [4.78, 5) is 10.7. The minimum Gasteiger partial charge on any atom is -0.481 e. The lowest BCUT2D eigenvalue weighted by molar-refractivity contribution is -0.138. The highest BCUT2D eigenvalue weighted by Crippen LogP contribution is 2.61. The number of carboxylic acid groups (broad SMARTS) is 1. The number of fused-ring (bicyclic) bond motifs is 1. The lowest BCUT2D eigenvalue weighted by Crippen LogP contribution is -2.12. The molecule has 2 heteroatoms. The van der Waals surface area contributed by atoms with Gasteiger partial charge in [-0.05, 0) is 30.6 Å². The predicted octanol–water partition coefficient (Wildman–Crippen LogP) is 2.82. The maximum Gasteiger partial charge on any atom is 0.303 e. The van der Waals surface area contributed by atoms with E-state index in [2.05, 4.69) is 0 Å². The zero-order valence-corrected chi connectivity index (χ0v) is 8.09. The van der Waals surface area contributed by atoms with Gasteiger partial charge in [-0.1, -0.05) is 25.7 Å². The van der Waals surface area contributed by atoms with Crippen molar-refractivity contribution < 1.29 is 9.90 Å². The molecule has 2 unspecified atom stereocenters. The molecule has 0 aromatic rings. The number of hydrogen-bond acceptors (Lipinski definition) is 1. The molecule has 0 radical (unpaired) electrons. The summed E-state index contributed by atoms with van der Waals surface area (Å²) in [6, 6.07) is 0. The molecule has 0 saturated heterocycles. The van der Waals surface area contributed by atoms with E-state index in [0.717, 1.165) is 5.92 Å². The molecule has 2 saturated carbocycles. The summed E-state index contributed by atoms with van der Waals surface area (Å²) in [6.07, 6.45) is 9.33. The number of carboxylic acids is 1. The molecule has 2 nitrogen and oxygen atoms in total. The van der Waals surface area contributed by atoms with E-state index in [1.54, 1.807) is 0 Å². The van der Waals surface area contributed by atoms with E-state index in [9.17, 15) is 4.79 Å². The van der Waals surface area contributed by atoms with Crippen molar-refractivity contribution in [2.24, 2.45) is 11.3 Å². The van der Waals surface area contributed by atoms with E-state index >= 15 is 0 Å². The van der Waals surface area contributed by atoms with Crippen LogP contribution in [0.3, 0.4) is 0 Å². The third-order valence-corrected chi connectivity index (χ3v) is 3.84. The molecule has 2 aliphatic carbocycles. The van der Waals surface area contributed by atoms with Gasteiger partial charge >= 0.3 is 5.97 Å². The molecule has 0 heterocycles. The smallest absolute Gasteiger partial charge is 0.303 e. The minimum atomic E-state index is -0.594. The first-order valence-corrected chi connectivity index (χ1v) is 5.45. The Kier molecular flexibility index (Phi) is 2.31. The van der Waals surface area contributed by atoms with Crippen LogP contribution >= 0.6 is 0 Å². The van der Waals surface area contributed by atoms with Gasteiger partial charge in [0.2, 0.25) is 0 Å². The largest absolute Gasteiger partial charge is 0.481 e. The highest BCUT2D eigenvalue weighted by Gasteiger charge is 2.53. The fourth-order valence-corrected chi connectivity index (χ4v) is 2.97. The third kappa shape index (κ3) is 1.87. The number of aliphatic carboxylic acids is 1. The molecule has 2 aliphatic rings. The van der Waals surface area contributed by atoms with Crippen LogP contribution in [0.2, 0.25) is 0 Å². The molecule has 74 valence electrons. The Bertz CT molecular complexity index is 212. The molecule has 2 rings (SSSR count). The normalized spacial score (nSPS) is 38.6. The van der Waals surface area contributed by atoms with E-state index in [4.69, 9.17) is 5.11 Å². The minimum absolute atomic E-state index is 0.242. The lowest BCUT2D eigenvalue weighted by atomic mass is 9.88. The van der Waals surface area contributed by atoms with Crippen LogP contribution in [0.1, 0.15) is 51.4 Å². The van der Waals surface area contributed by atoms with Crippen molar-refractivity contribution in [1.82, 2.24) is 0 Å². The van der Waals surface area contributed by atoms with Gasteiger partial charge in [0.1, 0.15) is 0 Å². The van der Waals surface area contributed by atoms with Gasteiger partial charge in [-0.15, -0.1) is 0 Å². The predicted molar refractivity (Wildman–Crippen MR) is 50.5 cm³/mol. The van der Waals surface area contributed by atoms with Gasteiger partial charge in [0, 0.05) is 0 Å². The molecule has 2 atom stereocenters. The second-order valence-corrected chi connectivity index (χ2v) is 4.79. The van der Waals surface area contributed by atoms with Gasteiger partial charge in [-0.25, -0.2) is 0 Å². The SMILES string of the molecule is O=C(O)CC12CCCCCCC1C2. The first-order chi connectivity index (χ1) is 6.23. The Morgan fingerprint density at radius 3 is 2.85 bits per heavy atom. The Morgan fingerprint density at radius 1 is 1.31 bits per heavy atom. The van der Waals surface area contributed by atoms with Crippen molar-refractivity contribution in [2.75, 3.05) is 0 Å². The molecule has 0 spiro atoms. The highest BCUT2D eigenvalue weighted by molar-refractivity contribution is 5.68. The van der Waals surface area contributed by atoms with Crippen LogP contribution in [0.5, 0.6) is 0 Å². The summed E-state index contributed by atoms with van der Waals surface area (Å²) in [7, 11) is 0. The van der Waals surface area contributed by atoms with Crippen LogP contribution in [0.4, 0.5) is 0 Å². The van der Waals surface area contributed by atoms with Gasteiger partial charge in [-0.2, -0.15) is 0 Å². The van der Waals surface area contributed by atoms with Crippen molar-refractivity contribution >= 4 is 5.97 Å². The van der Waals surface area contributed by atoms with E-state index in [1.807, 2.05) is 0 Å². The topological polar surface area (TPSA) is 37.3 Å². The second-order valence-electron chi connectivity index (χ2n) is 4.79. The molecule has 0 aliphatic heterocycles. The van der Waals surface area contributed by atoms with Gasteiger partial charge in [0.05, 0.1) is 6.42 Å². The first kappa shape index (κ1) is 9.04. The molecule has 1 N–H and O–H groups in total. The van der Waals surface area contributed by atoms with Crippen LogP contribution in [0, 0.1) is 11.3 Å². The molecule has 0 bridgehead atoms. The summed E-state index contributed by atoms with van der Waals surface area (Å²) in [5.74, 6) is 0.159. The second kappa shape index (κ2) is 3.32. The standard InChI is InChI=1S/C11H18O2/c12-10(13)8-11-6-4-2-1-3-5-9(11)7-11/h9H,1-8H2,(H,12,13). The Morgan fingerprint density at radius 2 is 2.08 bits per heavy atom.